The maximum Gasteiger partial charge on any atom is 0.0953 e. The van der Waals surface area contributed by atoms with Crippen LogP contribution in [0.5, 0.6) is 0 Å². The smallest absolute Gasteiger partial charge is 0.0953 e. The molecule has 3 heteroatoms. The van der Waals surface area contributed by atoms with Crippen LogP contribution < -0.4 is 5.32 Å². The van der Waals surface area contributed by atoms with Gasteiger partial charge in [0.05, 0.1) is 18.7 Å². The standard InChI is InChI=1S/C9H18N2O/c1-4-9(6-10)11-8(3)7-12-5-2/h8-9,11H,4-5,7H2,1-3H3. The summed E-state index contributed by atoms with van der Waals surface area (Å²) in [6.45, 7) is 7.39. The van der Waals surface area contributed by atoms with Crippen molar-refractivity contribution in [2.24, 2.45) is 0 Å². The third-order valence-corrected chi connectivity index (χ3v) is 1.62. The zero-order valence-corrected chi connectivity index (χ0v) is 8.13. The van der Waals surface area contributed by atoms with Crippen molar-refractivity contribution < 1.29 is 4.74 Å². The molecule has 70 valence electrons. The lowest BCUT2D eigenvalue weighted by Gasteiger charge is -2.16. The van der Waals surface area contributed by atoms with Crippen molar-refractivity contribution in [1.82, 2.24) is 5.32 Å². The zero-order chi connectivity index (χ0) is 9.40. The van der Waals surface area contributed by atoms with E-state index in [0.717, 1.165) is 13.0 Å². The second-order valence-electron chi connectivity index (χ2n) is 2.82. The van der Waals surface area contributed by atoms with Gasteiger partial charge in [-0.1, -0.05) is 6.92 Å². The molecule has 2 atom stereocenters. The second-order valence-corrected chi connectivity index (χ2v) is 2.82. The summed E-state index contributed by atoms with van der Waals surface area (Å²) in [7, 11) is 0. The molecule has 0 radical (unpaired) electrons. The molecule has 0 aromatic heterocycles. The maximum atomic E-state index is 8.65. The number of nitrogens with one attached hydrogen (secondary N) is 1. The first-order valence-corrected chi connectivity index (χ1v) is 4.48. The van der Waals surface area contributed by atoms with Crippen molar-refractivity contribution in [3.8, 4) is 6.07 Å². The van der Waals surface area contributed by atoms with Crippen molar-refractivity contribution >= 4 is 0 Å². The lowest BCUT2D eigenvalue weighted by Crippen LogP contribution is -2.38. The van der Waals surface area contributed by atoms with Gasteiger partial charge in [0.1, 0.15) is 0 Å². The number of ether oxygens (including phenoxy) is 1. The van der Waals surface area contributed by atoms with Crippen molar-refractivity contribution in [3.63, 3.8) is 0 Å². The molecule has 0 saturated carbocycles. The lowest BCUT2D eigenvalue weighted by atomic mass is 10.2. The highest BCUT2D eigenvalue weighted by atomic mass is 16.5. The molecule has 1 N–H and O–H groups in total. The van der Waals surface area contributed by atoms with Gasteiger partial charge in [-0.2, -0.15) is 5.26 Å². The molecular weight excluding hydrogens is 152 g/mol. The summed E-state index contributed by atoms with van der Waals surface area (Å²) in [5.41, 5.74) is 0. The van der Waals surface area contributed by atoms with Crippen LogP contribution in [0.1, 0.15) is 27.2 Å². The monoisotopic (exact) mass is 170 g/mol. The van der Waals surface area contributed by atoms with E-state index in [9.17, 15) is 0 Å². The van der Waals surface area contributed by atoms with E-state index in [1.54, 1.807) is 0 Å². The Morgan fingerprint density at radius 1 is 1.50 bits per heavy atom. The van der Waals surface area contributed by atoms with E-state index in [1.807, 2.05) is 20.8 Å². The Bertz CT molecular complexity index is 142. The number of nitriles is 1. The van der Waals surface area contributed by atoms with Gasteiger partial charge >= 0.3 is 0 Å². The van der Waals surface area contributed by atoms with E-state index in [1.165, 1.54) is 0 Å². The summed E-state index contributed by atoms with van der Waals surface area (Å²) in [6.07, 6.45) is 0.840. The minimum Gasteiger partial charge on any atom is -0.380 e. The molecule has 12 heavy (non-hydrogen) atoms. The average molecular weight is 170 g/mol. The van der Waals surface area contributed by atoms with Crippen molar-refractivity contribution in [1.29, 1.82) is 5.26 Å². The SMILES string of the molecule is CCOCC(C)NC(C#N)CC. The molecule has 0 aliphatic rings. The van der Waals surface area contributed by atoms with Crippen LogP contribution in [-0.2, 0) is 4.74 Å². The molecule has 0 aliphatic heterocycles. The molecule has 0 bridgehead atoms. The Morgan fingerprint density at radius 2 is 2.17 bits per heavy atom. The van der Waals surface area contributed by atoms with Crippen LogP contribution >= 0.6 is 0 Å². The van der Waals surface area contributed by atoms with E-state index in [0.29, 0.717) is 6.61 Å². The van der Waals surface area contributed by atoms with Gasteiger partial charge in [-0.15, -0.1) is 0 Å². The Morgan fingerprint density at radius 3 is 2.58 bits per heavy atom. The number of rotatable bonds is 6. The highest BCUT2D eigenvalue weighted by molar-refractivity contribution is 4.89. The van der Waals surface area contributed by atoms with Gasteiger partial charge < -0.3 is 4.74 Å². The van der Waals surface area contributed by atoms with E-state index in [-0.39, 0.29) is 12.1 Å². The third-order valence-electron chi connectivity index (χ3n) is 1.62. The molecular formula is C9H18N2O. The quantitative estimate of drug-likeness (QED) is 0.653. The first-order valence-electron chi connectivity index (χ1n) is 4.48. The fourth-order valence-electron chi connectivity index (χ4n) is 0.933. The summed E-state index contributed by atoms with van der Waals surface area (Å²) in [5.74, 6) is 0. The van der Waals surface area contributed by atoms with Crippen LogP contribution in [0.25, 0.3) is 0 Å². The van der Waals surface area contributed by atoms with Crippen molar-refractivity contribution in [3.05, 3.63) is 0 Å². The highest BCUT2D eigenvalue weighted by Crippen LogP contribution is 1.92. The zero-order valence-electron chi connectivity index (χ0n) is 8.13. The van der Waals surface area contributed by atoms with E-state index < -0.39 is 0 Å². The van der Waals surface area contributed by atoms with Crippen molar-refractivity contribution in [2.45, 2.75) is 39.3 Å². The number of hydrogen-bond donors (Lipinski definition) is 1. The Hall–Kier alpha value is -0.590. The Kier molecular flexibility index (Phi) is 6.73. The van der Waals surface area contributed by atoms with Gasteiger partial charge in [0, 0.05) is 12.6 Å². The summed E-state index contributed by atoms with van der Waals surface area (Å²) in [6, 6.07) is 2.41. The highest BCUT2D eigenvalue weighted by Gasteiger charge is 2.07. The van der Waals surface area contributed by atoms with Crippen LogP contribution in [0.2, 0.25) is 0 Å². The van der Waals surface area contributed by atoms with E-state index in [2.05, 4.69) is 11.4 Å². The summed E-state index contributed by atoms with van der Waals surface area (Å²) >= 11 is 0. The normalized spacial score (nSPS) is 15.2. The Balaban J connectivity index is 3.53. The predicted molar refractivity (Wildman–Crippen MR) is 48.8 cm³/mol. The van der Waals surface area contributed by atoms with Crippen LogP contribution in [-0.4, -0.2) is 25.3 Å². The Labute approximate surface area is 74.7 Å². The van der Waals surface area contributed by atoms with Gasteiger partial charge in [0.25, 0.3) is 0 Å². The largest absolute Gasteiger partial charge is 0.380 e. The van der Waals surface area contributed by atoms with Crippen molar-refractivity contribution in [2.75, 3.05) is 13.2 Å². The molecule has 0 aromatic carbocycles. The van der Waals surface area contributed by atoms with Crippen LogP contribution in [0.3, 0.4) is 0 Å². The molecule has 3 nitrogen and oxygen atoms in total. The third kappa shape index (κ3) is 5.11. The van der Waals surface area contributed by atoms with Crippen LogP contribution in [0, 0.1) is 11.3 Å². The molecule has 0 amide bonds. The molecule has 0 rings (SSSR count). The fraction of sp³-hybridized carbons (Fsp3) is 0.889. The summed E-state index contributed by atoms with van der Waals surface area (Å²) < 4.78 is 5.21. The van der Waals surface area contributed by atoms with Gasteiger partial charge in [-0.3, -0.25) is 5.32 Å². The second kappa shape index (κ2) is 7.08. The topological polar surface area (TPSA) is 45.0 Å². The van der Waals surface area contributed by atoms with E-state index >= 15 is 0 Å². The predicted octanol–water partition coefficient (Wildman–Crippen LogP) is 1.30. The first kappa shape index (κ1) is 11.4. The van der Waals surface area contributed by atoms with Gasteiger partial charge in [-0.25, -0.2) is 0 Å². The average Bonchev–Trinajstić information content (AvgIpc) is 2.10. The molecule has 0 aliphatic carbocycles. The molecule has 2 unspecified atom stereocenters. The van der Waals surface area contributed by atoms with E-state index in [4.69, 9.17) is 10.00 Å². The van der Waals surface area contributed by atoms with Gasteiger partial charge in [0.15, 0.2) is 0 Å². The minimum atomic E-state index is -0.0412. The number of nitrogens with zero attached hydrogens (tertiary/aromatic N) is 1. The summed E-state index contributed by atoms with van der Waals surface area (Å²) in [5, 5.41) is 11.8. The molecule has 0 heterocycles. The molecule has 0 spiro atoms. The van der Waals surface area contributed by atoms with Crippen LogP contribution in [0.4, 0.5) is 0 Å². The van der Waals surface area contributed by atoms with Gasteiger partial charge in [0.2, 0.25) is 0 Å². The fourth-order valence-corrected chi connectivity index (χ4v) is 0.933. The summed E-state index contributed by atoms with van der Waals surface area (Å²) in [4.78, 5) is 0. The van der Waals surface area contributed by atoms with Gasteiger partial charge in [-0.05, 0) is 20.3 Å². The first-order chi connectivity index (χ1) is 5.74. The van der Waals surface area contributed by atoms with Crippen LogP contribution in [0.15, 0.2) is 0 Å². The molecule has 0 fully saturated rings. The molecule has 0 saturated heterocycles. The lowest BCUT2D eigenvalue weighted by molar-refractivity contribution is 0.125. The minimum absolute atomic E-state index is 0.0412. The maximum absolute atomic E-state index is 8.65. The molecule has 0 aromatic rings. The number of hydrogen-bond acceptors (Lipinski definition) is 3.